The molecule has 5 atom stereocenters. The fourth-order valence-electron chi connectivity index (χ4n) is 4.60. The molecular formula is C33H34O4S. The highest BCUT2D eigenvalue weighted by Gasteiger charge is 2.47. The molecule has 1 fully saturated rings. The second-order valence-electron chi connectivity index (χ2n) is 9.42. The number of hydrogen-bond donors (Lipinski definition) is 0. The van der Waals surface area contributed by atoms with E-state index in [-0.39, 0.29) is 29.9 Å². The molecule has 0 amide bonds. The van der Waals surface area contributed by atoms with E-state index in [1.165, 1.54) is 0 Å². The predicted molar refractivity (Wildman–Crippen MR) is 152 cm³/mol. The smallest absolute Gasteiger partial charge is 0.136 e. The first-order chi connectivity index (χ1) is 18.8. The van der Waals surface area contributed by atoms with Crippen molar-refractivity contribution in [2.24, 2.45) is 0 Å². The van der Waals surface area contributed by atoms with Gasteiger partial charge in [0, 0.05) is 4.90 Å². The Bertz CT molecular complexity index is 1210. The Morgan fingerprint density at radius 1 is 0.526 bits per heavy atom. The lowest BCUT2D eigenvalue weighted by atomic mass is 9.99. The fraction of sp³-hybridized carbons (Fsp3) is 0.273. The summed E-state index contributed by atoms with van der Waals surface area (Å²) >= 11 is 1.67. The van der Waals surface area contributed by atoms with E-state index in [0.717, 1.165) is 21.6 Å². The van der Waals surface area contributed by atoms with Gasteiger partial charge < -0.3 is 18.9 Å². The van der Waals surface area contributed by atoms with Crippen LogP contribution in [0.5, 0.6) is 0 Å². The van der Waals surface area contributed by atoms with Crippen molar-refractivity contribution in [1.82, 2.24) is 0 Å². The molecule has 0 saturated carbocycles. The van der Waals surface area contributed by atoms with Gasteiger partial charge in [0.15, 0.2) is 0 Å². The van der Waals surface area contributed by atoms with E-state index < -0.39 is 0 Å². The van der Waals surface area contributed by atoms with Gasteiger partial charge in [0.05, 0.1) is 25.9 Å². The van der Waals surface area contributed by atoms with E-state index in [4.69, 9.17) is 18.9 Å². The minimum absolute atomic E-state index is 0.183. The zero-order valence-corrected chi connectivity index (χ0v) is 22.4. The van der Waals surface area contributed by atoms with Crippen LogP contribution in [0, 0.1) is 0 Å². The molecule has 1 heterocycles. The molecule has 5 rings (SSSR count). The SMILES string of the molecule is C[C@@H]1O[C@@H](Sc2ccccc2)[C@H](OCc2ccccc2)[C@H](OCc2ccccc2)[C@H]1OCc1ccccc1. The van der Waals surface area contributed by atoms with E-state index in [0.29, 0.717) is 19.8 Å². The topological polar surface area (TPSA) is 36.9 Å². The lowest BCUT2D eigenvalue weighted by Gasteiger charge is -2.45. The summed E-state index contributed by atoms with van der Waals surface area (Å²) in [6.07, 6.45) is -1.15. The normalized spacial score (nSPS) is 23.2. The van der Waals surface area contributed by atoms with Crippen molar-refractivity contribution in [3.05, 3.63) is 138 Å². The van der Waals surface area contributed by atoms with Gasteiger partial charge in [-0.2, -0.15) is 0 Å². The Balaban J connectivity index is 1.41. The summed E-state index contributed by atoms with van der Waals surface area (Å²) in [5, 5.41) is 0. The molecule has 1 saturated heterocycles. The van der Waals surface area contributed by atoms with E-state index in [2.05, 4.69) is 55.5 Å². The molecule has 1 aliphatic heterocycles. The number of hydrogen-bond acceptors (Lipinski definition) is 5. The minimum Gasteiger partial charge on any atom is -0.368 e. The largest absolute Gasteiger partial charge is 0.368 e. The van der Waals surface area contributed by atoms with Crippen molar-refractivity contribution >= 4 is 11.8 Å². The summed E-state index contributed by atoms with van der Waals surface area (Å²) in [5.74, 6) is 0. The Labute approximate surface area is 229 Å². The molecular weight excluding hydrogens is 492 g/mol. The highest BCUT2D eigenvalue weighted by atomic mass is 32.2. The highest BCUT2D eigenvalue weighted by molar-refractivity contribution is 7.99. The van der Waals surface area contributed by atoms with Crippen LogP contribution in [0.25, 0.3) is 0 Å². The maximum atomic E-state index is 6.67. The summed E-state index contributed by atoms with van der Waals surface area (Å²) < 4.78 is 26.4. The number of benzene rings is 4. The van der Waals surface area contributed by atoms with E-state index >= 15 is 0 Å². The van der Waals surface area contributed by atoms with Gasteiger partial charge in [-0.05, 0) is 35.7 Å². The van der Waals surface area contributed by atoms with Crippen LogP contribution in [0.2, 0.25) is 0 Å². The molecule has 4 nitrogen and oxygen atoms in total. The second-order valence-corrected chi connectivity index (χ2v) is 10.6. The predicted octanol–water partition coefficient (Wildman–Crippen LogP) is 7.28. The van der Waals surface area contributed by atoms with Crippen LogP contribution < -0.4 is 0 Å². The zero-order valence-electron chi connectivity index (χ0n) is 21.6. The van der Waals surface area contributed by atoms with Crippen LogP contribution in [0.15, 0.2) is 126 Å². The first-order valence-electron chi connectivity index (χ1n) is 13.1. The molecule has 0 aromatic heterocycles. The molecule has 0 spiro atoms. The van der Waals surface area contributed by atoms with Gasteiger partial charge in [-0.25, -0.2) is 0 Å². The molecule has 4 aromatic carbocycles. The Hall–Kier alpha value is -2.93. The Morgan fingerprint density at radius 2 is 0.921 bits per heavy atom. The average Bonchev–Trinajstić information content (AvgIpc) is 2.97. The van der Waals surface area contributed by atoms with Crippen molar-refractivity contribution in [2.45, 2.75) is 61.5 Å². The highest BCUT2D eigenvalue weighted by Crippen LogP contribution is 2.38. The van der Waals surface area contributed by atoms with Crippen LogP contribution in [0.3, 0.4) is 0 Å². The van der Waals surface area contributed by atoms with Crippen molar-refractivity contribution < 1.29 is 18.9 Å². The van der Waals surface area contributed by atoms with Gasteiger partial charge in [0.2, 0.25) is 0 Å². The van der Waals surface area contributed by atoms with E-state index in [1.54, 1.807) is 11.8 Å². The summed E-state index contributed by atoms with van der Waals surface area (Å²) in [6.45, 7) is 3.48. The van der Waals surface area contributed by atoms with Crippen LogP contribution >= 0.6 is 11.8 Å². The standard InChI is InChI=1S/C33H34O4S/c1-25-30(34-22-26-14-6-2-7-15-26)31(35-23-27-16-8-3-9-17-27)32(36-24-28-18-10-4-11-19-28)33(37-25)38-29-20-12-5-13-21-29/h2-21,25,30-33H,22-24H2,1H3/t25-,30-,31+,32+,33-/m0/s1. The minimum atomic E-state index is -0.346. The van der Waals surface area contributed by atoms with Crippen LogP contribution in [0.4, 0.5) is 0 Å². The van der Waals surface area contributed by atoms with Crippen molar-refractivity contribution in [2.75, 3.05) is 0 Å². The molecule has 0 radical (unpaired) electrons. The molecule has 0 unspecified atom stereocenters. The molecule has 196 valence electrons. The van der Waals surface area contributed by atoms with Gasteiger partial charge in [-0.1, -0.05) is 121 Å². The maximum Gasteiger partial charge on any atom is 0.136 e. The zero-order chi connectivity index (χ0) is 26.0. The fourth-order valence-corrected chi connectivity index (χ4v) is 5.78. The number of ether oxygens (including phenoxy) is 4. The van der Waals surface area contributed by atoms with E-state index in [9.17, 15) is 0 Å². The Kier molecular flexibility index (Phi) is 9.64. The molecule has 0 N–H and O–H groups in total. The average molecular weight is 527 g/mol. The van der Waals surface area contributed by atoms with Gasteiger partial charge >= 0.3 is 0 Å². The maximum absolute atomic E-state index is 6.67. The van der Waals surface area contributed by atoms with Crippen LogP contribution in [-0.2, 0) is 38.8 Å². The molecule has 38 heavy (non-hydrogen) atoms. The lowest BCUT2D eigenvalue weighted by Crippen LogP contribution is -2.58. The first-order valence-corrected chi connectivity index (χ1v) is 14.0. The van der Waals surface area contributed by atoms with Gasteiger partial charge in [-0.15, -0.1) is 0 Å². The summed E-state index contributed by atoms with van der Waals surface area (Å²) in [6, 6.07) is 41.0. The van der Waals surface area contributed by atoms with E-state index in [1.807, 2.05) is 72.8 Å². The molecule has 0 aliphatic carbocycles. The first kappa shape index (κ1) is 26.7. The quantitative estimate of drug-likeness (QED) is 0.205. The molecule has 5 heteroatoms. The lowest BCUT2D eigenvalue weighted by molar-refractivity contribution is -0.242. The van der Waals surface area contributed by atoms with Crippen molar-refractivity contribution in [3.63, 3.8) is 0 Å². The summed E-state index contributed by atoms with van der Waals surface area (Å²) in [5.41, 5.74) is 3.08. The van der Waals surface area contributed by atoms with Crippen molar-refractivity contribution in [1.29, 1.82) is 0 Å². The third-order valence-corrected chi connectivity index (χ3v) is 7.73. The third-order valence-electron chi connectivity index (χ3n) is 6.58. The number of thioether (sulfide) groups is 1. The van der Waals surface area contributed by atoms with Crippen LogP contribution in [-0.4, -0.2) is 29.9 Å². The third kappa shape index (κ3) is 7.34. The molecule has 1 aliphatic rings. The van der Waals surface area contributed by atoms with Crippen LogP contribution in [0.1, 0.15) is 23.6 Å². The van der Waals surface area contributed by atoms with Crippen molar-refractivity contribution in [3.8, 4) is 0 Å². The molecule has 4 aromatic rings. The van der Waals surface area contributed by atoms with Gasteiger partial charge in [0.1, 0.15) is 23.7 Å². The summed E-state index contributed by atoms with van der Waals surface area (Å²) in [4.78, 5) is 1.13. The van der Waals surface area contributed by atoms with Gasteiger partial charge in [0.25, 0.3) is 0 Å². The summed E-state index contributed by atoms with van der Waals surface area (Å²) in [7, 11) is 0. The molecule has 0 bridgehead atoms. The number of rotatable bonds is 11. The second kappa shape index (κ2) is 13.7. The Morgan fingerprint density at radius 3 is 1.39 bits per heavy atom. The van der Waals surface area contributed by atoms with Gasteiger partial charge in [-0.3, -0.25) is 0 Å². The monoisotopic (exact) mass is 526 g/mol.